The molecular formula is C18H29ClFN. The van der Waals surface area contributed by atoms with Crippen LogP contribution in [0.5, 0.6) is 0 Å². The fourth-order valence-electron chi connectivity index (χ4n) is 2.57. The molecule has 1 N–H and O–H groups in total. The number of unbranched alkanes of at least 4 members (excludes halogenated alkanes) is 4. The third-order valence-corrected chi connectivity index (χ3v) is 4.09. The van der Waals surface area contributed by atoms with Crippen molar-refractivity contribution in [1.82, 2.24) is 5.32 Å². The van der Waals surface area contributed by atoms with Crippen molar-refractivity contribution in [2.75, 3.05) is 6.54 Å². The molecule has 1 aromatic carbocycles. The van der Waals surface area contributed by atoms with Crippen molar-refractivity contribution in [1.29, 1.82) is 0 Å². The molecule has 0 heterocycles. The van der Waals surface area contributed by atoms with Gasteiger partial charge in [0.1, 0.15) is 5.82 Å². The fourth-order valence-corrected chi connectivity index (χ4v) is 2.77. The van der Waals surface area contributed by atoms with Gasteiger partial charge in [-0.15, -0.1) is 0 Å². The molecule has 0 spiro atoms. The molecule has 21 heavy (non-hydrogen) atoms. The highest BCUT2D eigenvalue weighted by Crippen LogP contribution is 2.18. The number of halogens is 2. The van der Waals surface area contributed by atoms with Crippen LogP contribution in [0.15, 0.2) is 18.2 Å². The van der Waals surface area contributed by atoms with Crippen LogP contribution >= 0.6 is 11.6 Å². The van der Waals surface area contributed by atoms with Crippen LogP contribution in [-0.2, 0) is 6.42 Å². The minimum Gasteiger partial charge on any atom is -0.314 e. The monoisotopic (exact) mass is 313 g/mol. The minimum absolute atomic E-state index is 0.227. The largest absolute Gasteiger partial charge is 0.314 e. The van der Waals surface area contributed by atoms with Gasteiger partial charge in [-0.2, -0.15) is 0 Å². The van der Waals surface area contributed by atoms with E-state index in [4.69, 9.17) is 11.6 Å². The molecule has 120 valence electrons. The highest BCUT2D eigenvalue weighted by molar-refractivity contribution is 6.30. The molecule has 0 amide bonds. The minimum atomic E-state index is -0.335. The molecule has 0 fully saturated rings. The lowest BCUT2D eigenvalue weighted by molar-refractivity contribution is 0.451. The second-order valence-electron chi connectivity index (χ2n) is 5.81. The van der Waals surface area contributed by atoms with Crippen molar-refractivity contribution in [3.05, 3.63) is 34.6 Å². The second kappa shape index (κ2) is 11.0. The van der Waals surface area contributed by atoms with Crippen LogP contribution < -0.4 is 5.32 Å². The molecule has 0 saturated carbocycles. The van der Waals surface area contributed by atoms with Crippen LogP contribution in [0, 0.1) is 5.82 Å². The van der Waals surface area contributed by atoms with Gasteiger partial charge in [0.25, 0.3) is 0 Å². The summed E-state index contributed by atoms with van der Waals surface area (Å²) < 4.78 is 13.2. The van der Waals surface area contributed by atoms with Gasteiger partial charge in [-0.3, -0.25) is 0 Å². The molecule has 1 unspecified atom stereocenters. The summed E-state index contributed by atoms with van der Waals surface area (Å²) in [4.78, 5) is 0. The van der Waals surface area contributed by atoms with E-state index >= 15 is 0 Å². The Bertz CT molecular complexity index is 395. The first-order chi connectivity index (χ1) is 10.2. The number of hydrogen-bond acceptors (Lipinski definition) is 1. The van der Waals surface area contributed by atoms with Gasteiger partial charge in [-0.1, -0.05) is 63.6 Å². The van der Waals surface area contributed by atoms with Crippen LogP contribution in [0.2, 0.25) is 5.02 Å². The van der Waals surface area contributed by atoms with E-state index in [9.17, 15) is 4.39 Å². The zero-order valence-corrected chi connectivity index (χ0v) is 14.2. The van der Waals surface area contributed by atoms with E-state index in [2.05, 4.69) is 19.2 Å². The maximum atomic E-state index is 13.2. The van der Waals surface area contributed by atoms with Crippen molar-refractivity contribution in [3.63, 3.8) is 0 Å². The summed E-state index contributed by atoms with van der Waals surface area (Å²) in [6, 6.07) is 5.54. The Morgan fingerprint density at radius 3 is 2.52 bits per heavy atom. The number of hydrogen-bond donors (Lipinski definition) is 1. The first kappa shape index (κ1) is 18.4. The van der Waals surface area contributed by atoms with E-state index in [-0.39, 0.29) is 10.8 Å². The van der Waals surface area contributed by atoms with Gasteiger partial charge >= 0.3 is 0 Å². The Hall–Kier alpha value is -0.600. The van der Waals surface area contributed by atoms with Gasteiger partial charge in [-0.05, 0) is 43.5 Å². The molecule has 0 aliphatic heterocycles. The molecule has 0 saturated heterocycles. The molecule has 0 radical (unpaired) electrons. The standard InChI is InChI=1S/C18H29ClFN/c1-3-5-6-7-8-9-16(21-12-4-2)13-15-10-11-18(20)17(19)14-15/h10-11,14,16,21H,3-9,12-13H2,1-2H3. The van der Waals surface area contributed by atoms with E-state index in [0.29, 0.717) is 6.04 Å². The smallest absolute Gasteiger partial charge is 0.141 e. The van der Waals surface area contributed by atoms with Crippen molar-refractivity contribution in [2.45, 2.75) is 71.3 Å². The molecule has 0 aromatic heterocycles. The predicted molar refractivity (Wildman–Crippen MR) is 90.6 cm³/mol. The quantitative estimate of drug-likeness (QED) is 0.513. The molecule has 0 aliphatic carbocycles. The van der Waals surface area contributed by atoms with Crippen molar-refractivity contribution >= 4 is 11.6 Å². The summed E-state index contributed by atoms with van der Waals surface area (Å²) in [6.07, 6.45) is 9.76. The Morgan fingerprint density at radius 1 is 1.10 bits per heavy atom. The number of rotatable bonds is 11. The van der Waals surface area contributed by atoms with Gasteiger partial charge in [-0.25, -0.2) is 4.39 Å². The summed E-state index contributed by atoms with van der Waals surface area (Å²) >= 11 is 5.87. The van der Waals surface area contributed by atoms with Crippen LogP contribution in [0.4, 0.5) is 4.39 Å². The van der Waals surface area contributed by atoms with Crippen LogP contribution in [0.25, 0.3) is 0 Å². The third kappa shape index (κ3) is 7.82. The number of nitrogens with one attached hydrogen (secondary N) is 1. The van der Waals surface area contributed by atoms with E-state index in [1.165, 1.54) is 44.6 Å². The lowest BCUT2D eigenvalue weighted by atomic mass is 9.99. The predicted octanol–water partition coefficient (Wildman–Crippen LogP) is 5.75. The highest BCUT2D eigenvalue weighted by Gasteiger charge is 2.10. The molecule has 1 rings (SSSR count). The van der Waals surface area contributed by atoms with E-state index in [0.717, 1.165) is 24.9 Å². The van der Waals surface area contributed by atoms with Gasteiger partial charge in [0.15, 0.2) is 0 Å². The summed E-state index contributed by atoms with van der Waals surface area (Å²) in [5.41, 5.74) is 1.11. The van der Waals surface area contributed by atoms with E-state index < -0.39 is 0 Å². The van der Waals surface area contributed by atoms with Crippen molar-refractivity contribution in [3.8, 4) is 0 Å². The van der Waals surface area contributed by atoms with Gasteiger partial charge < -0.3 is 5.32 Å². The number of benzene rings is 1. The summed E-state index contributed by atoms with van der Waals surface area (Å²) in [6.45, 7) is 5.46. The molecule has 1 aromatic rings. The van der Waals surface area contributed by atoms with E-state index in [1.807, 2.05) is 6.07 Å². The summed E-state index contributed by atoms with van der Waals surface area (Å²) in [7, 11) is 0. The van der Waals surface area contributed by atoms with Crippen LogP contribution in [0.3, 0.4) is 0 Å². The molecular weight excluding hydrogens is 285 g/mol. The topological polar surface area (TPSA) is 12.0 Å². The Labute approximate surface area is 134 Å². The van der Waals surface area contributed by atoms with Gasteiger partial charge in [0.05, 0.1) is 5.02 Å². The molecule has 3 heteroatoms. The Kier molecular flexibility index (Phi) is 9.69. The van der Waals surface area contributed by atoms with Crippen molar-refractivity contribution < 1.29 is 4.39 Å². The average Bonchev–Trinajstić information content (AvgIpc) is 2.48. The first-order valence-electron chi connectivity index (χ1n) is 8.34. The third-order valence-electron chi connectivity index (χ3n) is 3.81. The Balaban J connectivity index is 2.46. The molecule has 1 atom stereocenters. The van der Waals surface area contributed by atoms with E-state index in [1.54, 1.807) is 6.07 Å². The second-order valence-corrected chi connectivity index (χ2v) is 6.21. The lowest BCUT2D eigenvalue weighted by Crippen LogP contribution is -2.31. The normalized spacial score (nSPS) is 12.6. The lowest BCUT2D eigenvalue weighted by Gasteiger charge is -2.19. The zero-order valence-electron chi connectivity index (χ0n) is 13.4. The Morgan fingerprint density at radius 2 is 1.86 bits per heavy atom. The molecule has 0 aliphatic rings. The van der Waals surface area contributed by atoms with Gasteiger partial charge in [0.2, 0.25) is 0 Å². The highest BCUT2D eigenvalue weighted by atomic mass is 35.5. The SMILES string of the molecule is CCCCCCCC(Cc1ccc(F)c(Cl)c1)NCCC. The zero-order chi connectivity index (χ0) is 15.5. The summed E-state index contributed by atoms with van der Waals surface area (Å²) in [5, 5.41) is 3.83. The first-order valence-corrected chi connectivity index (χ1v) is 8.72. The van der Waals surface area contributed by atoms with Gasteiger partial charge in [0, 0.05) is 6.04 Å². The van der Waals surface area contributed by atoms with Crippen molar-refractivity contribution in [2.24, 2.45) is 0 Å². The maximum absolute atomic E-state index is 13.2. The average molecular weight is 314 g/mol. The molecule has 1 nitrogen and oxygen atoms in total. The molecule has 0 bridgehead atoms. The van der Waals surface area contributed by atoms with Crippen LogP contribution in [-0.4, -0.2) is 12.6 Å². The van der Waals surface area contributed by atoms with Crippen LogP contribution in [0.1, 0.15) is 64.4 Å². The fraction of sp³-hybridized carbons (Fsp3) is 0.667. The maximum Gasteiger partial charge on any atom is 0.141 e. The summed E-state index contributed by atoms with van der Waals surface area (Å²) in [5.74, 6) is -0.335.